The van der Waals surface area contributed by atoms with E-state index >= 15 is 0 Å². The Morgan fingerprint density at radius 1 is 1.09 bits per heavy atom. The second-order valence-electron chi connectivity index (χ2n) is 12.0. The van der Waals surface area contributed by atoms with Gasteiger partial charge in [-0.3, -0.25) is 9.59 Å². The zero-order valence-corrected chi connectivity index (χ0v) is 27.2. The van der Waals surface area contributed by atoms with E-state index in [-0.39, 0.29) is 28.5 Å². The number of aromatic amines is 1. The van der Waals surface area contributed by atoms with Crippen LogP contribution in [0.15, 0.2) is 72.0 Å². The summed E-state index contributed by atoms with van der Waals surface area (Å²) in [7, 11) is -1.71. The Hall–Kier alpha value is -3.47. The molecule has 0 radical (unpaired) electrons. The fourth-order valence-corrected chi connectivity index (χ4v) is 7.66. The Labute approximate surface area is 260 Å². The predicted molar refractivity (Wildman–Crippen MR) is 177 cm³/mol. The van der Waals surface area contributed by atoms with E-state index in [1.165, 1.54) is 0 Å². The number of benzene rings is 2. The molecule has 3 atom stereocenters. The van der Waals surface area contributed by atoms with Gasteiger partial charge in [-0.2, -0.15) is 0 Å². The van der Waals surface area contributed by atoms with Gasteiger partial charge in [-0.25, -0.2) is 13.1 Å². The molecule has 3 unspecified atom stereocenters. The largest absolute Gasteiger partial charge is 0.497 e. The maximum Gasteiger partial charge on any atom is 0.237 e. The van der Waals surface area contributed by atoms with Crippen LogP contribution in [-0.4, -0.2) is 55.3 Å². The van der Waals surface area contributed by atoms with Crippen LogP contribution in [0.5, 0.6) is 5.75 Å². The average molecular weight is 623 g/mol. The normalized spacial score (nSPS) is 22.6. The highest BCUT2D eigenvalue weighted by atomic mass is 32.2. The van der Waals surface area contributed by atoms with Gasteiger partial charge in [0.2, 0.25) is 15.9 Å². The number of pyridine rings is 1. The number of amides is 1. The van der Waals surface area contributed by atoms with E-state index < -0.39 is 21.1 Å². The number of aromatic nitrogens is 1. The summed E-state index contributed by atoms with van der Waals surface area (Å²) in [6.45, 7) is 12.4. The Balaban J connectivity index is 0.000000193. The van der Waals surface area contributed by atoms with Crippen LogP contribution in [0, 0.1) is 5.92 Å². The summed E-state index contributed by atoms with van der Waals surface area (Å²) in [6, 6.07) is 16.6. The number of H-pyrrole nitrogens is 1. The first-order chi connectivity index (χ1) is 21.0. The average Bonchev–Trinajstić information content (AvgIpc) is 3.94. The lowest BCUT2D eigenvalue weighted by atomic mass is 9.90. The second kappa shape index (κ2) is 13.7. The molecule has 238 valence electrons. The zero-order valence-electron chi connectivity index (χ0n) is 26.4. The summed E-state index contributed by atoms with van der Waals surface area (Å²) in [4.78, 5) is 27.9. The van der Waals surface area contributed by atoms with Gasteiger partial charge < -0.3 is 20.4 Å². The van der Waals surface area contributed by atoms with E-state index in [0.717, 1.165) is 61.2 Å². The predicted octanol–water partition coefficient (Wildman–Crippen LogP) is 4.89. The minimum Gasteiger partial charge on any atom is -0.497 e. The third-order valence-corrected chi connectivity index (χ3v) is 10.8. The SMILES string of the molecule is C=CC1CC1(NC(=O)C1CCCN1)C(C)(C)NS(=O)(=O)C1CC1.CC.COc1ccc2c(=O)cc(-c3ccccc3)[nH]c2c1. The van der Waals surface area contributed by atoms with Crippen LogP contribution < -0.4 is 25.5 Å². The van der Waals surface area contributed by atoms with Crippen molar-refractivity contribution in [2.45, 2.75) is 82.2 Å². The Morgan fingerprint density at radius 3 is 2.36 bits per heavy atom. The Morgan fingerprint density at radius 2 is 1.80 bits per heavy atom. The van der Waals surface area contributed by atoms with E-state index in [9.17, 15) is 18.0 Å². The molecule has 4 N–H and O–H groups in total. The highest BCUT2D eigenvalue weighted by molar-refractivity contribution is 7.90. The summed E-state index contributed by atoms with van der Waals surface area (Å²) >= 11 is 0. The Bertz CT molecular complexity index is 1630. The van der Waals surface area contributed by atoms with Crippen molar-refractivity contribution in [2.75, 3.05) is 13.7 Å². The highest BCUT2D eigenvalue weighted by Crippen LogP contribution is 2.52. The second-order valence-corrected chi connectivity index (χ2v) is 13.9. The van der Waals surface area contributed by atoms with Gasteiger partial charge in [0, 0.05) is 29.1 Å². The molecular weight excluding hydrogens is 576 g/mol. The zero-order chi connectivity index (χ0) is 32.1. The van der Waals surface area contributed by atoms with Gasteiger partial charge in [0.1, 0.15) is 5.75 Å². The molecule has 2 aliphatic carbocycles. The van der Waals surface area contributed by atoms with Gasteiger partial charge in [-0.05, 0) is 70.2 Å². The van der Waals surface area contributed by atoms with Gasteiger partial charge in [0.05, 0.1) is 35.0 Å². The van der Waals surface area contributed by atoms with E-state index in [1.807, 2.05) is 70.2 Å². The van der Waals surface area contributed by atoms with Crippen LogP contribution in [0.2, 0.25) is 0 Å². The number of nitrogens with one attached hydrogen (secondary N) is 4. The first-order valence-corrected chi connectivity index (χ1v) is 17.0. The standard InChI is InChI=1S/C16H27N3O3S.C16H13NO2.C2H6/c1-4-11-10-16(11,18-14(20)13-6-5-9-17-13)15(2,3)19-23(21,22)12-7-8-12;1-19-12-7-8-13-15(9-12)17-14(10-16(13)18)11-5-3-2-4-6-11;1-2/h4,11-13,17,19H,1,5-10H2,2-3H3,(H,18,20);2-10H,1H3,(H,17,18);1-2H3. The van der Waals surface area contributed by atoms with Gasteiger partial charge in [-0.1, -0.05) is 50.3 Å². The fourth-order valence-electron chi connectivity index (χ4n) is 5.85. The number of ether oxygens (including phenoxy) is 1. The number of hydrogen-bond acceptors (Lipinski definition) is 6. The first-order valence-electron chi connectivity index (χ1n) is 15.5. The molecule has 2 saturated carbocycles. The van der Waals surface area contributed by atoms with Crippen molar-refractivity contribution in [3.05, 3.63) is 77.5 Å². The van der Waals surface area contributed by atoms with Crippen molar-refractivity contribution in [1.29, 1.82) is 0 Å². The van der Waals surface area contributed by atoms with Crippen molar-refractivity contribution in [1.82, 2.24) is 20.3 Å². The molecule has 1 saturated heterocycles. The smallest absolute Gasteiger partial charge is 0.237 e. The minimum atomic E-state index is -3.33. The molecular formula is C34H46N4O5S. The molecule has 3 fully saturated rings. The van der Waals surface area contributed by atoms with Crippen molar-refractivity contribution < 1.29 is 17.9 Å². The lowest BCUT2D eigenvalue weighted by Crippen LogP contribution is -2.63. The molecule has 0 bridgehead atoms. The summed E-state index contributed by atoms with van der Waals surface area (Å²) in [5, 5.41) is 6.72. The molecule has 2 heterocycles. The third kappa shape index (κ3) is 7.25. The van der Waals surface area contributed by atoms with Gasteiger partial charge >= 0.3 is 0 Å². The number of carbonyl (C=O) groups excluding carboxylic acids is 1. The van der Waals surface area contributed by atoms with Crippen LogP contribution in [-0.2, 0) is 14.8 Å². The molecule has 1 amide bonds. The van der Waals surface area contributed by atoms with E-state index in [1.54, 1.807) is 25.3 Å². The van der Waals surface area contributed by atoms with Crippen LogP contribution in [0.3, 0.4) is 0 Å². The monoisotopic (exact) mass is 622 g/mol. The summed E-state index contributed by atoms with van der Waals surface area (Å²) in [5.41, 5.74) is 1.26. The number of hydrogen-bond donors (Lipinski definition) is 4. The van der Waals surface area contributed by atoms with Crippen LogP contribution >= 0.6 is 0 Å². The lowest BCUT2D eigenvalue weighted by molar-refractivity contribution is -0.124. The van der Waals surface area contributed by atoms with E-state index in [4.69, 9.17) is 4.74 Å². The van der Waals surface area contributed by atoms with Crippen LogP contribution in [0.4, 0.5) is 0 Å². The maximum atomic E-state index is 12.5. The van der Waals surface area contributed by atoms with Gasteiger partial charge in [0.15, 0.2) is 5.43 Å². The molecule has 10 heteroatoms. The molecule has 44 heavy (non-hydrogen) atoms. The molecule has 2 aromatic carbocycles. The quantitative estimate of drug-likeness (QED) is 0.252. The number of fused-ring (bicyclic) bond motifs is 1. The van der Waals surface area contributed by atoms with Crippen LogP contribution in [0.1, 0.15) is 59.8 Å². The van der Waals surface area contributed by atoms with Crippen molar-refractivity contribution in [3.63, 3.8) is 0 Å². The molecule has 3 aromatic rings. The molecule has 1 aromatic heterocycles. The molecule has 1 aliphatic heterocycles. The first kappa shape index (κ1) is 33.4. The van der Waals surface area contributed by atoms with Crippen LogP contribution in [0.25, 0.3) is 22.2 Å². The minimum absolute atomic E-state index is 0.00950. The van der Waals surface area contributed by atoms with E-state index in [0.29, 0.717) is 5.39 Å². The van der Waals surface area contributed by atoms with Gasteiger partial charge in [-0.15, -0.1) is 6.58 Å². The maximum absolute atomic E-state index is 12.5. The topological polar surface area (TPSA) is 129 Å². The van der Waals surface area contributed by atoms with Gasteiger partial charge in [0.25, 0.3) is 0 Å². The fraction of sp³-hybridized carbons (Fsp3) is 0.471. The molecule has 3 aliphatic rings. The molecule has 6 rings (SSSR count). The molecule has 0 spiro atoms. The van der Waals surface area contributed by atoms with E-state index in [2.05, 4.69) is 26.9 Å². The number of methoxy groups -OCH3 is 1. The van der Waals surface area contributed by atoms with Crippen molar-refractivity contribution in [3.8, 4) is 17.0 Å². The summed E-state index contributed by atoms with van der Waals surface area (Å²) < 4.78 is 32.7. The number of rotatable bonds is 9. The highest BCUT2D eigenvalue weighted by Gasteiger charge is 2.64. The Kier molecular flexibility index (Phi) is 10.4. The summed E-state index contributed by atoms with van der Waals surface area (Å²) in [5.74, 6) is 0.781. The number of sulfonamides is 1. The molecule has 9 nitrogen and oxygen atoms in total. The van der Waals surface area contributed by atoms with Crippen molar-refractivity contribution >= 4 is 26.8 Å². The lowest BCUT2D eigenvalue weighted by Gasteiger charge is -2.37. The number of carbonyl (C=O) groups is 1. The summed E-state index contributed by atoms with van der Waals surface area (Å²) in [6.07, 6.45) is 5.80. The van der Waals surface area contributed by atoms with Crippen molar-refractivity contribution in [2.24, 2.45) is 5.92 Å². The third-order valence-electron chi connectivity index (χ3n) is 8.62.